The number of rotatable bonds is 12. The highest BCUT2D eigenvalue weighted by atomic mass is 35.5. The van der Waals surface area contributed by atoms with E-state index in [-0.39, 0.29) is 18.9 Å². The van der Waals surface area contributed by atoms with Crippen molar-refractivity contribution in [1.29, 1.82) is 0 Å². The molecule has 2 amide bonds. The molecule has 0 spiro atoms. The third-order valence-electron chi connectivity index (χ3n) is 6.18. The molecule has 0 aromatic heterocycles. The number of sulfonamides is 1. The Morgan fingerprint density at radius 2 is 1.58 bits per heavy atom. The SMILES string of the molecule is CCCNC(=O)[C@H](Cc1ccccc1)N(Cc1ccccc1Cl)C(=O)CN(c1ccccc1C)S(C)(=O)=O. The Balaban J connectivity index is 2.06. The van der Waals surface area contributed by atoms with E-state index in [1.807, 2.05) is 43.3 Å². The maximum atomic E-state index is 14.0. The molecule has 0 aliphatic carbocycles. The minimum absolute atomic E-state index is 0.0426. The molecule has 3 rings (SSSR count). The number of nitrogens with zero attached hydrogens (tertiary/aromatic N) is 2. The molecule has 7 nitrogen and oxygen atoms in total. The second kappa shape index (κ2) is 13.4. The van der Waals surface area contributed by atoms with Crippen molar-refractivity contribution in [2.45, 2.75) is 39.3 Å². The van der Waals surface area contributed by atoms with E-state index < -0.39 is 28.5 Å². The molecule has 3 aromatic carbocycles. The molecule has 0 unspecified atom stereocenters. The average molecular weight is 556 g/mol. The minimum Gasteiger partial charge on any atom is -0.354 e. The minimum atomic E-state index is -3.81. The molecule has 0 fully saturated rings. The fourth-order valence-corrected chi connectivity index (χ4v) is 5.27. The van der Waals surface area contributed by atoms with Crippen molar-refractivity contribution in [1.82, 2.24) is 10.2 Å². The predicted molar refractivity (Wildman–Crippen MR) is 153 cm³/mol. The summed E-state index contributed by atoms with van der Waals surface area (Å²) in [5.74, 6) is -0.816. The second-order valence-electron chi connectivity index (χ2n) is 9.17. The fraction of sp³-hybridized carbons (Fsp3) is 0.310. The van der Waals surface area contributed by atoms with Gasteiger partial charge in [-0.3, -0.25) is 13.9 Å². The molecule has 3 aromatic rings. The summed E-state index contributed by atoms with van der Waals surface area (Å²) in [6.07, 6.45) is 2.06. The number of nitrogens with one attached hydrogen (secondary N) is 1. The molecule has 0 aliphatic rings. The number of carbonyl (C=O) groups excluding carboxylic acids is 2. The van der Waals surface area contributed by atoms with Crippen molar-refractivity contribution in [3.63, 3.8) is 0 Å². The summed E-state index contributed by atoms with van der Waals surface area (Å²) in [7, 11) is -3.81. The van der Waals surface area contributed by atoms with Crippen LogP contribution in [-0.2, 0) is 32.6 Å². The Kier molecular flexibility index (Phi) is 10.3. The molecule has 0 saturated carbocycles. The molecule has 202 valence electrons. The van der Waals surface area contributed by atoms with Gasteiger partial charge in [-0.15, -0.1) is 0 Å². The normalized spacial score (nSPS) is 12.0. The molecule has 0 radical (unpaired) electrons. The molecule has 1 atom stereocenters. The number of anilines is 1. The van der Waals surface area contributed by atoms with E-state index in [2.05, 4.69) is 5.32 Å². The van der Waals surface area contributed by atoms with Crippen LogP contribution in [-0.4, -0.2) is 50.5 Å². The molecule has 9 heteroatoms. The maximum absolute atomic E-state index is 14.0. The summed E-state index contributed by atoms with van der Waals surface area (Å²) in [6.45, 7) is 3.78. The second-order valence-corrected chi connectivity index (χ2v) is 11.5. The first-order valence-electron chi connectivity index (χ1n) is 12.5. The lowest BCUT2D eigenvalue weighted by atomic mass is 10.0. The smallest absolute Gasteiger partial charge is 0.244 e. The van der Waals surface area contributed by atoms with E-state index in [0.29, 0.717) is 28.4 Å². The van der Waals surface area contributed by atoms with E-state index in [1.165, 1.54) is 4.90 Å². The van der Waals surface area contributed by atoms with Crippen LogP contribution < -0.4 is 9.62 Å². The van der Waals surface area contributed by atoms with Gasteiger partial charge in [0.1, 0.15) is 12.6 Å². The van der Waals surface area contributed by atoms with Crippen molar-refractivity contribution in [3.05, 3.63) is 101 Å². The zero-order chi connectivity index (χ0) is 27.7. The zero-order valence-electron chi connectivity index (χ0n) is 21.9. The topological polar surface area (TPSA) is 86.8 Å². The summed E-state index contributed by atoms with van der Waals surface area (Å²) in [4.78, 5) is 28.9. The van der Waals surface area contributed by atoms with Crippen LogP contribution in [0.3, 0.4) is 0 Å². The highest BCUT2D eigenvalue weighted by Crippen LogP contribution is 2.24. The lowest BCUT2D eigenvalue weighted by Crippen LogP contribution is -2.53. The molecular weight excluding hydrogens is 522 g/mol. The van der Waals surface area contributed by atoms with Crippen molar-refractivity contribution in [2.75, 3.05) is 23.7 Å². The van der Waals surface area contributed by atoms with E-state index in [1.54, 1.807) is 49.4 Å². The number of para-hydroxylation sites is 1. The molecule has 38 heavy (non-hydrogen) atoms. The van der Waals surface area contributed by atoms with Crippen LogP contribution in [0.25, 0.3) is 0 Å². The van der Waals surface area contributed by atoms with Crippen molar-refractivity contribution >= 4 is 39.1 Å². The maximum Gasteiger partial charge on any atom is 0.244 e. The number of hydrogen-bond acceptors (Lipinski definition) is 4. The zero-order valence-corrected chi connectivity index (χ0v) is 23.5. The molecular formula is C29H34ClN3O4S. The summed E-state index contributed by atoms with van der Waals surface area (Å²) >= 11 is 6.45. The van der Waals surface area contributed by atoms with Crippen LogP contribution in [0.1, 0.15) is 30.0 Å². The summed E-state index contributed by atoms with van der Waals surface area (Å²) in [5.41, 5.74) is 2.66. The Morgan fingerprint density at radius 1 is 0.947 bits per heavy atom. The first-order valence-corrected chi connectivity index (χ1v) is 14.7. The van der Waals surface area contributed by atoms with Crippen LogP contribution in [0.4, 0.5) is 5.69 Å². The molecule has 0 heterocycles. The van der Waals surface area contributed by atoms with Crippen LogP contribution in [0, 0.1) is 6.92 Å². The molecule has 1 N–H and O–H groups in total. The first-order chi connectivity index (χ1) is 18.1. The number of hydrogen-bond donors (Lipinski definition) is 1. The van der Waals surface area contributed by atoms with Gasteiger partial charge in [-0.2, -0.15) is 0 Å². The number of amides is 2. The number of benzene rings is 3. The lowest BCUT2D eigenvalue weighted by Gasteiger charge is -2.34. The van der Waals surface area contributed by atoms with Crippen LogP contribution in [0.5, 0.6) is 0 Å². The summed E-state index contributed by atoms with van der Waals surface area (Å²) in [6, 6.07) is 22.6. The van der Waals surface area contributed by atoms with Gasteiger partial charge < -0.3 is 10.2 Å². The van der Waals surface area contributed by atoms with Gasteiger partial charge >= 0.3 is 0 Å². The quantitative estimate of drug-likeness (QED) is 0.354. The third-order valence-corrected chi connectivity index (χ3v) is 7.68. The van der Waals surface area contributed by atoms with Crippen molar-refractivity contribution in [2.24, 2.45) is 0 Å². The average Bonchev–Trinajstić information content (AvgIpc) is 2.89. The molecule has 0 bridgehead atoms. The highest BCUT2D eigenvalue weighted by molar-refractivity contribution is 7.92. The fourth-order valence-electron chi connectivity index (χ4n) is 4.17. The largest absolute Gasteiger partial charge is 0.354 e. The summed E-state index contributed by atoms with van der Waals surface area (Å²) < 4.78 is 26.8. The van der Waals surface area contributed by atoms with Crippen LogP contribution >= 0.6 is 11.6 Å². The standard InChI is InChI=1S/C29H34ClN3O4S/c1-4-18-31-29(35)27(19-23-13-6-5-7-14-23)32(20-24-15-9-10-16-25(24)30)28(34)21-33(38(3,36)37)26-17-11-8-12-22(26)2/h5-17,27H,4,18-21H2,1-3H3,(H,31,35)/t27-/m0/s1. The van der Waals surface area contributed by atoms with E-state index in [4.69, 9.17) is 11.6 Å². The monoisotopic (exact) mass is 555 g/mol. The van der Waals surface area contributed by atoms with Crippen molar-refractivity contribution < 1.29 is 18.0 Å². The Morgan fingerprint density at radius 3 is 2.21 bits per heavy atom. The lowest BCUT2D eigenvalue weighted by molar-refractivity contribution is -0.140. The predicted octanol–water partition coefficient (Wildman–Crippen LogP) is 4.58. The first kappa shape index (κ1) is 29.2. The van der Waals surface area contributed by atoms with Gasteiger partial charge in [0.15, 0.2) is 0 Å². The molecule has 0 saturated heterocycles. The van der Waals surface area contributed by atoms with E-state index >= 15 is 0 Å². The Bertz CT molecular complexity index is 1350. The highest BCUT2D eigenvalue weighted by Gasteiger charge is 2.33. The summed E-state index contributed by atoms with van der Waals surface area (Å²) in [5, 5.41) is 3.37. The van der Waals surface area contributed by atoms with E-state index in [0.717, 1.165) is 22.5 Å². The van der Waals surface area contributed by atoms with Crippen molar-refractivity contribution in [3.8, 4) is 0 Å². The van der Waals surface area contributed by atoms with Crippen LogP contribution in [0.2, 0.25) is 5.02 Å². The van der Waals surface area contributed by atoms with Crippen LogP contribution in [0.15, 0.2) is 78.9 Å². The van der Waals surface area contributed by atoms with Gasteiger partial charge in [-0.05, 0) is 42.2 Å². The van der Waals surface area contributed by atoms with E-state index in [9.17, 15) is 18.0 Å². The van der Waals surface area contributed by atoms with Gasteiger partial charge in [0.05, 0.1) is 11.9 Å². The van der Waals surface area contributed by atoms with Gasteiger partial charge in [0.2, 0.25) is 21.8 Å². The number of halogens is 1. The van der Waals surface area contributed by atoms with Gasteiger partial charge in [-0.25, -0.2) is 8.42 Å². The number of aryl methyl sites for hydroxylation is 1. The Labute approximate surface area is 230 Å². The number of carbonyl (C=O) groups is 2. The van der Waals surface area contributed by atoms with Gasteiger partial charge in [-0.1, -0.05) is 85.3 Å². The molecule has 0 aliphatic heterocycles. The Hall–Kier alpha value is -3.36. The third kappa shape index (κ3) is 7.82. The van der Waals surface area contributed by atoms with Gasteiger partial charge in [0, 0.05) is 24.5 Å². The van der Waals surface area contributed by atoms with Gasteiger partial charge in [0.25, 0.3) is 0 Å².